The molecule has 28 heavy (non-hydrogen) atoms. The molecule has 0 aliphatic heterocycles. The van der Waals surface area contributed by atoms with Crippen molar-refractivity contribution >= 4 is 76.3 Å². The lowest BCUT2D eigenvalue weighted by Crippen LogP contribution is -1.83. The highest BCUT2D eigenvalue weighted by atomic mass is 32.1. The molecule has 0 saturated heterocycles. The number of fused-ring (bicyclic) bond motifs is 3. The minimum atomic E-state index is 1.36. The molecule has 0 N–H and O–H groups in total. The Hall–Kier alpha value is -1.98. The Labute approximate surface area is 179 Å². The summed E-state index contributed by atoms with van der Waals surface area (Å²) in [4.78, 5) is 5.48. The van der Waals surface area contributed by atoms with E-state index >= 15 is 0 Å². The summed E-state index contributed by atoms with van der Waals surface area (Å²) < 4.78 is 2.84. The number of hydrogen-bond donors (Lipinski definition) is 0. The third kappa shape index (κ3) is 2.45. The lowest BCUT2D eigenvalue weighted by atomic mass is 9.97. The van der Waals surface area contributed by atoms with Crippen LogP contribution in [-0.4, -0.2) is 0 Å². The fourth-order valence-electron chi connectivity index (χ4n) is 4.02. The molecule has 0 bridgehead atoms. The summed E-state index contributed by atoms with van der Waals surface area (Å²) in [5.41, 5.74) is 2.82. The van der Waals surface area contributed by atoms with Crippen molar-refractivity contribution in [2.45, 2.75) is 13.8 Å². The van der Waals surface area contributed by atoms with Gasteiger partial charge in [0.1, 0.15) is 0 Å². The highest BCUT2D eigenvalue weighted by Gasteiger charge is 2.15. The first-order chi connectivity index (χ1) is 13.7. The average molecular weight is 433 g/mol. The normalized spacial score (nSPS) is 11.9. The molecule has 0 aliphatic carbocycles. The van der Waals surface area contributed by atoms with Gasteiger partial charge in [-0.15, -0.1) is 45.3 Å². The second kappa shape index (κ2) is 6.26. The Kier molecular flexibility index (Phi) is 3.78. The zero-order chi connectivity index (χ0) is 18.8. The van der Waals surface area contributed by atoms with Gasteiger partial charge < -0.3 is 0 Å². The van der Waals surface area contributed by atoms with Gasteiger partial charge in [-0.25, -0.2) is 0 Å². The van der Waals surface area contributed by atoms with Crippen LogP contribution >= 0.6 is 45.3 Å². The van der Waals surface area contributed by atoms with Gasteiger partial charge >= 0.3 is 0 Å². The van der Waals surface area contributed by atoms with Crippen LogP contribution < -0.4 is 0 Å². The van der Waals surface area contributed by atoms with Crippen LogP contribution in [0.2, 0.25) is 0 Å². The maximum Gasteiger partial charge on any atom is 0.0455 e. The van der Waals surface area contributed by atoms with Gasteiger partial charge in [0.15, 0.2) is 0 Å². The van der Waals surface area contributed by atoms with Crippen LogP contribution in [0.4, 0.5) is 0 Å². The first-order valence-corrected chi connectivity index (χ1v) is 12.6. The van der Waals surface area contributed by atoms with E-state index in [0.29, 0.717) is 0 Å². The molecule has 4 heteroatoms. The summed E-state index contributed by atoms with van der Waals surface area (Å²) in [6.07, 6.45) is 0. The quantitative estimate of drug-likeness (QED) is 0.256. The molecule has 0 saturated carbocycles. The van der Waals surface area contributed by atoms with Crippen LogP contribution in [0.15, 0.2) is 59.3 Å². The van der Waals surface area contributed by atoms with Gasteiger partial charge in [0.25, 0.3) is 0 Å². The van der Waals surface area contributed by atoms with Gasteiger partial charge in [-0.3, -0.25) is 0 Å². The maximum atomic E-state index is 2.41. The second-order valence-electron chi connectivity index (χ2n) is 7.11. The summed E-state index contributed by atoms with van der Waals surface area (Å²) in [6.45, 7) is 4.58. The van der Waals surface area contributed by atoms with Crippen LogP contribution in [-0.2, 0) is 0 Å². The molecule has 136 valence electrons. The van der Waals surface area contributed by atoms with Crippen LogP contribution in [0.3, 0.4) is 0 Å². The van der Waals surface area contributed by atoms with E-state index < -0.39 is 0 Å². The number of benzene rings is 2. The molecule has 4 heterocycles. The lowest BCUT2D eigenvalue weighted by Gasteiger charge is -2.08. The fourth-order valence-corrected chi connectivity index (χ4v) is 7.98. The van der Waals surface area contributed by atoms with E-state index in [1.807, 2.05) is 45.3 Å². The summed E-state index contributed by atoms with van der Waals surface area (Å²) in [7, 11) is 0. The molecule has 0 amide bonds. The predicted molar refractivity (Wildman–Crippen MR) is 131 cm³/mol. The van der Waals surface area contributed by atoms with Gasteiger partial charge in [-0.05, 0) is 93.7 Å². The molecule has 0 aliphatic rings. The van der Waals surface area contributed by atoms with Gasteiger partial charge in [0.2, 0.25) is 0 Å². The molecular formula is C24H16S4. The Morgan fingerprint density at radius 1 is 0.571 bits per heavy atom. The number of thiophene rings is 4. The minimum Gasteiger partial charge on any atom is -0.143 e. The van der Waals surface area contributed by atoms with E-state index in [2.05, 4.69) is 73.1 Å². The highest BCUT2D eigenvalue weighted by molar-refractivity contribution is 7.26. The Morgan fingerprint density at radius 2 is 1.04 bits per heavy atom. The van der Waals surface area contributed by atoms with E-state index in [4.69, 9.17) is 0 Å². The predicted octanol–water partition coefficient (Wildman–Crippen LogP) is 9.34. The molecular weight excluding hydrogens is 417 g/mol. The van der Waals surface area contributed by atoms with Crippen LogP contribution in [0.25, 0.3) is 50.5 Å². The van der Waals surface area contributed by atoms with Crippen molar-refractivity contribution in [3.8, 4) is 19.5 Å². The van der Waals surface area contributed by atoms with Crippen molar-refractivity contribution in [2.24, 2.45) is 0 Å². The molecule has 6 rings (SSSR count). The largest absolute Gasteiger partial charge is 0.143 e. The van der Waals surface area contributed by atoms with Crippen molar-refractivity contribution in [2.75, 3.05) is 0 Å². The van der Waals surface area contributed by atoms with Crippen LogP contribution in [0.1, 0.15) is 11.1 Å². The topological polar surface area (TPSA) is 0 Å². The standard InChI is InChI=1S/C24H16S4/c1-13-17-9-16-12-22(20-6-4-8-26-20)28-24(16)14(2)18(17)10-15-11-21(27-23(13)15)19-5-3-7-25-19/h3-12H,1-2H3. The lowest BCUT2D eigenvalue weighted by molar-refractivity contribution is 1.58. The van der Waals surface area contributed by atoms with Crippen LogP contribution in [0.5, 0.6) is 0 Å². The highest BCUT2D eigenvalue weighted by Crippen LogP contribution is 2.44. The molecule has 2 aromatic carbocycles. The molecule has 0 fully saturated rings. The summed E-state index contributed by atoms with van der Waals surface area (Å²) in [5, 5.41) is 9.85. The van der Waals surface area contributed by atoms with Crippen molar-refractivity contribution in [3.63, 3.8) is 0 Å². The van der Waals surface area contributed by atoms with Gasteiger partial charge in [-0.2, -0.15) is 0 Å². The minimum absolute atomic E-state index is 1.36. The van der Waals surface area contributed by atoms with E-state index in [0.717, 1.165) is 0 Å². The monoisotopic (exact) mass is 432 g/mol. The van der Waals surface area contributed by atoms with Crippen molar-refractivity contribution < 1.29 is 0 Å². The fraction of sp³-hybridized carbons (Fsp3) is 0.0833. The van der Waals surface area contributed by atoms with E-state index in [-0.39, 0.29) is 0 Å². The zero-order valence-corrected chi connectivity index (χ0v) is 18.7. The summed E-state index contributed by atoms with van der Waals surface area (Å²) in [5.74, 6) is 0. The average Bonchev–Trinajstić information content (AvgIpc) is 3.47. The molecule has 6 aromatic rings. The third-order valence-electron chi connectivity index (χ3n) is 5.43. The Morgan fingerprint density at radius 3 is 1.43 bits per heavy atom. The maximum absolute atomic E-state index is 2.41. The Balaban J connectivity index is 1.65. The number of aryl methyl sites for hydroxylation is 2. The molecule has 0 nitrogen and oxygen atoms in total. The van der Waals surface area contributed by atoms with E-state index in [1.165, 1.54) is 61.6 Å². The summed E-state index contributed by atoms with van der Waals surface area (Å²) >= 11 is 7.49. The second-order valence-corrected chi connectivity index (χ2v) is 11.1. The van der Waals surface area contributed by atoms with E-state index in [1.54, 1.807) is 0 Å². The third-order valence-corrected chi connectivity index (χ3v) is 10.1. The first kappa shape index (κ1) is 16.9. The van der Waals surface area contributed by atoms with Crippen molar-refractivity contribution in [1.29, 1.82) is 0 Å². The Bertz CT molecular complexity index is 1340. The van der Waals surface area contributed by atoms with Gasteiger partial charge in [0, 0.05) is 28.9 Å². The summed E-state index contributed by atoms with van der Waals surface area (Å²) in [6, 6.07) is 18.3. The number of hydrogen-bond acceptors (Lipinski definition) is 4. The SMILES string of the molecule is Cc1c2cc3cc(-c4cccs4)sc3c(C)c2cc2cc(-c3cccs3)sc12. The van der Waals surface area contributed by atoms with Gasteiger partial charge in [-0.1, -0.05) is 12.1 Å². The molecule has 0 atom stereocenters. The smallest absolute Gasteiger partial charge is 0.0455 e. The first-order valence-electron chi connectivity index (χ1n) is 9.17. The van der Waals surface area contributed by atoms with E-state index in [9.17, 15) is 0 Å². The number of rotatable bonds is 2. The van der Waals surface area contributed by atoms with Crippen molar-refractivity contribution in [1.82, 2.24) is 0 Å². The molecule has 4 aromatic heterocycles. The molecule has 0 radical (unpaired) electrons. The molecule has 0 unspecified atom stereocenters. The van der Waals surface area contributed by atoms with Gasteiger partial charge in [0.05, 0.1) is 0 Å². The molecule has 0 spiro atoms. The zero-order valence-electron chi connectivity index (χ0n) is 15.4. The van der Waals surface area contributed by atoms with Crippen LogP contribution in [0, 0.1) is 13.8 Å². The van der Waals surface area contributed by atoms with Crippen molar-refractivity contribution in [3.05, 3.63) is 70.4 Å².